The smallest absolute Gasteiger partial charge is 0.254 e. The maximum absolute atomic E-state index is 13.2. The van der Waals surface area contributed by atoms with E-state index in [0.717, 1.165) is 54.9 Å². The Labute approximate surface area is 240 Å². The summed E-state index contributed by atoms with van der Waals surface area (Å²) in [5.74, 6) is 2.74. The van der Waals surface area contributed by atoms with Gasteiger partial charge in [0.2, 0.25) is 0 Å². The highest BCUT2D eigenvalue weighted by atomic mass is 16.5. The highest BCUT2D eigenvalue weighted by Gasteiger charge is 2.37. The van der Waals surface area contributed by atoms with E-state index in [9.17, 15) is 9.90 Å². The van der Waals surface area contributed by atoms with Gasteiger partial charge in [0, 0.05) is 36.9 Å². The molecular weight excluding hydrogens is 502 g/mol. The first-order chi connectivity index (χ1) is 19.1. The maximum atomic E-state index is 13.2. The van der Waals surface area contributed by atoms with Gasteiger partial charge in [-0.15, -0.1) is 0 Å². The second-order valence-corrected chi connectivity index (χ2v) is 11.9. The van der Waals surface area contributed by atoms with Crippen molar-refractivity contribution in [3.05, 3.63) is 75.2 Å². The Hall–Kier alpha value is -2.99. The monoisotopic (exact) mass is 551 g/mol. The number of methoxy groups -OCH3 is 1. The van der Waals surface area contributed by atoms with Crippen LogP contribution < -0.4 is 19.8 Å². The van der Waals surface area contributed by atoms with Crippen LogP contribution in [-0.4, -0.2) is 36.6 Å². The fourth-order valence-corrected chi connectivity index (χ4v) is 5.38. The molecule has 220 valence electrons. The molecule has 1 unspecified atom stereocenters. The average Bonchev–Trinajstić information content (AvgIpc) is 2.91. The second kappa shape index (κ2) is 15.1. The minimum Gasteiger partial charge on any atom is -0.497 e. The van der Waals surface area contributed by atoms with Crippen molar-refractivity contribution in [3.8, 4) is 17.2 Å². The van der Waals surface area contributed by atoms with Gasteiger partial charge in [0.15, 0.2) is 0 Å². The van der Waals surface area contributed by atoms with Crippen LogP contribution in [0.1, 0.15) is 78.0 Å². The third-order valence-corrected chi connectivity index (χ3v) is 7.93. The summed E-state index contributed by atoms with van der Waals surface area (Å²) in [6.07, 6.45) is 10.8. The molecule has 6 heteroatoms. The summed E-state index contributed by atoms with van der Waals surface area (Å²) in [4.78, 5) is 13.2. The van der Waals surface area contributed by atoms with E-state index in [2.05, 4.69) is 46.8 Å². The predicted molar refractivity (Wildman–Crippen MR) is 163 cm³/mol. The van der Waals surface area contributed by atoms with Crippen LogP contribution >= 0.6 is 0 Å². The second-order valence-electron chi connectivity index (χ2n) is 11.9. The van der Waals surface area contributed by atoms with E-state index in [1.165, 1.54) is 11.1 Å². The van der Waals surface area contributed by atoms with Gasteiger partial charge in [0.25, 0.3) is 5.56 Å². The van der Waals surface area contributed by atoms with Gasteiger partial charge in [0.1, 0.15) is 17.2 Å². The lowest BCUT2D eigenvalue weighted by atomic mass is 9.66. The van der Waals surface area contributed by atoms with Gasteiger partial charge in [-0.05, 0) is 94.9 Å². The van der Waals surface area contributed by atoms with Gasteiger partial charge >= 0.3 is 0 Å². The number of aliphatic hydroxyl groups is 1. The van der Waals surface area contributed by atoms with Crippen molar-refractivity contribution in [2.24, 2.45) is 11.3 Å². The van der Waals surface area contributed by atoms with Crippen molar-refractivity contribution in [1.29, 1.82) is 0 Å². The lowest BCUT2D eigenvalue weighted by Crippen LogP contribution is -2.38. The fourth-order valence-electron chi connectivity index (χ4n) is 5.38. The molecule has 0 saturated carbocycles. The topological polar surface area (TPSA) is 69.9 Å². The number of hydrogen-bond donors (Lipinski definition) is 1. The summed E-state index contributed by atoms with van der Waals surface area (Å²) in [5.41, 5.74) is 5.00. The van der Waals surface area contributed by atoms with Crippen LogP contribution in [0.4, 0.5) is 0 Å². The SMILES string of the molecule is COc1ccc(OCCCOc2cc(=O)n(CCCO)c3c2CC(C/C=C(\C)CCC=C(C)C)C(C)(C)C3)cc1. The number of hydrogen-bond acceptors (Lipinski definition) is 5. The van der Waals surface area contributed by atoms with Crippen molar-refractivity contribution < 1.29 is 19.3 Å². The van der Waals surface area contributed by atoms with Crippen LogP contribution in [0.2, 0.25) is 0 Å². The lowest BCUT2D eigenvalue weighted by Gasteiger charge is -2.41. The molecule has 1 N–H and O–H groups in total. The van der Waals surface area contributed by atoms with Crippen molar-refractivity contribution in [2.45, 2.75) is 86.1 Å². The molecule has 1 heterocycles. The average molecular weight is 552 g/mol. The fraction of sp³-hybridized carbons (Fsp3) is 0.559. The molecule has 0 bridgehead atoms. The summed E-state index contributed by atoms with van der Waals surface area (Å²) in [7, 11) is 1.64. The van der Waals surface area contributed by atoms with Crippen LogP contribution in [0.15, 0.2) is 58.4 Å². The summed E-state index contributed by atoms with van der Waals surface area (Å²) < 4.78 is 19.2. The Morgan fingerprint density at radius 1 is 1.05 bits per heavy atom. The number of aromatic nitrogens is 1. The third kappa shape index (κ3) is 9.02. The first kappa shape index (κ1) is 31.5. The first-order valence-electron chi connectivity index (χ1n) is 14.7. The standard InChI is InChI=1S/C34H49NO5/c1-25(2)10-7-11-26(3)12-13-27-22-30-31(24-34(27,4)5)35(18-8-19-36)33(37)23-32(30)40-21-9-20-39-29-16-14-28(38-6)15-17-29/h10,12,14-17,23,27,36H,7-9,11,13,18-22,24H2,1-6H3/b26-12+. The molecule has 1 aromatic heterocycles. The zero-order valence-corrected chi connectivity index (χ0v) is 25.4. The predicted octanol–water partition coefficient (Wildman–Crippen LogP) is 6.91. The van der Waals surface area contributed by atoms with Crippen LogP contribution in [0.5, 0.6) is 17.2 Å². The van der Waals surface area contributed by atoms with Crippen molar-refractivity contribution in [3.63, 3.8) is 0 Å². The number of ether oxygens (including phenoxy) is 3. The van der Waals surface area contributed by atoms with Crippen molar-refractivity contribution >= 4 is 0 Å². The Morgan fingerprint density at radius 3 is 2.42 bits per heavy atom. The molecule has 1 atom stereocenters. The summed E-state index contributed by atoms with van der Waals surface area (Å²) >= 11 is 0. The van der Waals surface area contributed by atoms with E-state index in [1.807, 2.05) is 28.8 Å². The van der Waals surface area contributed by atoms with Crippen molar-refractivity contribution in [1.82, 2.24) is 4.57 Å². The van der Waals surface area contributed by atoms with E-state index in [0.29, 0.717) is 44.3 Å². The number of benzene rings is 1. The molecule has 0 amide bonds. The number of rotatable bonds is 15. The maximum Gasteiger partial charge on any atom is 0.254 e. The van der Waals surface area contributed by atoms with Gasteiger partial charge in [-0.25, -0.2) is 0 Å². The minimum atomic E-state index is -0.0547. The van der Waals surface area contributed by atoms with Gasteiger partial charge in [0.05, 0.1) is 20.3 Å². The number of aliphatic hydroxyl groups excluding tert-OH is 1. The zero-order valence-electron chi connectivity index (χ0n) is 25.4. The van der Waals surface area contributed by atoms with Gasteiger partial charge in [-0.2, -0.15) is 0 Å². The normalized spacial score (nSPS) is 16.3. The van der Waals surface area contributed by atoms with Crippen LogP contribution in [0.25, 0.3) is 0 Å². The van der Waals surface area contributed by atoms with Crippen LogP contribution in [0, 0.1) is 11.3 Å². The molecule has 0 fully saturated rings. The molecule has 1 aliphatic rings. The van der Waals surface area contributed by atoms with Crippen molar-refractivity contribution in [2.75, 3.05) is 26.9 Å². The van der Waals surface area contributed by atoms with E-state index in [4.69, 9.17) is 14.2 Å². The van der Waals surface area contributed by atoms with Gasteiger partial charge in [-0.3, -0.25) is 4.79 Å². The molecule has 40 heavy (non-hydrogen) atoms. The number of pyridine rings is 1. The Kier molecular flexibility index (Phi) is 11.9. The number of allylic oxidation sites excluding steroid dienone is 4. The van der Waals surface area contributed by atoms with E-state index in [1.54, 1.807) is 13.2 Å². The largest absolute Gasteiger partial charge is 0.497 e. The van der Waals surface area contributed by atoms with Gasteiger partial charge in [-0.1, -0.05) is 37.1 Å². The first-order valence-corrected chi connectivity index (χ1v) is 14.7. The molecule has 3 rings (SSSR count). The highest BCUT2D eigenvalue weighted by molar-refractivity contribution is 5.40. The van der Waals surface area contributed by atoms with Crippen LogP contribution in [-0.2, 0) is 19.4 Å². The molecule has 1 aromatic carbocycles. The van der Waals surface area contributed by atoms with E-state index < -0.39 is 0 Å². The molecule has 1 aliphatic carbocycles. The zero-order chi connectivity index (χ0) is 29.1. The molecule has 2 aromatic rings. The molecule has 0 radical (unpaired) electrons. The van der Waals surface area contributed by atoms with Gasteiger partial charge < -0.3 is 23.9 Å². The Morgan fingerprint density at radius 2 is 1.75 bits per heavy atom. The Bertz CT molecular complexity index is 1200. The third-order valence-electron chi connectivity index (χ3n) is 7.93. The molecule has 6 nitrogen and oxygen atoms in total. The summed E-state index contributed by atoms with van der Waals surface area (Å²) in [6, 6.07) is 9.18. The molecule has 0 aliphatic heterocycles. The lowest BCUT2D eigenvalue weighted by molar-refractivity contribution is 0.181. The Balaban J connectivity index is 1.73. The van der Waals surface area contributed by atoms with Crippen LogP contribution in [0.3, 0.4) is 0 Å². The quantitative estimate of drug-likeness (QED) is 0.192. The number of nitrogens with zero attached hydrogens (tertiary/aromatic N) is 1. The van der Waals surface area contributed by atoms with E-state index in [-0.39, 0.29) is 17.6 Å². The summed E-state index contributed by atoms with van der Waals surface area (Å²) in [5, 5.41) is 9.44. The van der Waals surface area contributed by atoms with E-state index >= 15 is 0 Å². The molecular formula is C34H49NO5. The molecule has 0 spiro atoms. The molecule has 0 saturated heterocycles. The summed E-state index contributed by atoms with van der Waals surface area (Å²) in [6.45, 7) is 12.7. The number of fused-ring (bicyclic) bond motifs is 1. The minimum absolute atomic E-state index is 0.0436. The highest BCUT2D eigenvalue weighted by Crippen LogP contribution is 2.44.